The van der Waals surface area contributed by atoms with E-state index < -0.39 is 0 Å². The normalized spacial score (nSPS) is 12.4. The molecule has 0 bridgehead atoms. The highest BCUT2D eigenvalue weighted by Gasteiger charge is 2.16. The van der Waals surface area contributed by atoms with Gasteiger partial charge in [0, 0.05) is 12.4 Å². The molecule has 1 N–H and O–H groups in total. The van der Waals surface area contributed by atoms with Crippen LogP contribution in [0.25, 0.3) is 0 Å². The van der Waals surface area contributed by atoms with Gasteiger partial charge in [-0.25, -0.2) is 4.98 Å². The Morgan fingerprint density at radius 1 is 1.62 bits per heavy atom. The molecule has 0 aliphatic heterocycles. The Balaban J connectivity index is 2.06. The van der Waals surface area contributed by atoms with E-state index in [9.17, 15) is 4.79 Å². The van der Waals surface area contributed by atoms with E-state index >= 15 is 0 Å². The standard InChI is InChI=1S/C9H11N5OS/c1-6(8-13-11-4-14(8)2)12-9(15)7-3-16-5-10-7/h3-6H,1-2H3,(H,12,15). The molecule has 16 heavy (non-hydrogen) atoms. The van der Waals surface area contributed by atoms with Gasteiger partial charge >= 0.3 is 0 Å². The van der Waals surface area contributed by atoms with Gasteiger partial charge in [-0.05, 0) is 6.92 Å². The summed E-state index contributed by atoms with van der Waals surface area (Å²) < 4.78 is 1.77. The van der Waals surface area contributed by atoms with Crippen molar-refractivity contribution < 1.29 is 4.79 Å². The van der Waals surface area contributed by atoms with Crippen LogP contribution in [0.1, 0.15) is 29.3 Å². The maximum Gasteiger partial charge on any atom is 0.271 e. The van der Waals surface area contributed by atoms with E-state index in [-0.39, 0.29) is 11.9 Å². The monoisotopic (exact) mass is 237 g/mol. The van der Waals surface area contributed by atoms with Gasteiger partial charge in [0.25, 0.3) is 5.91 Å². The molecular formula is C9H11N5OS. The van der Waals surface area contributed by atoms with Gasteiger partial charge in [0.15, 0.2) is 5.82 Å². The summed E-state index contributed by atoms with van der Waals surface area (Å²) in [4.78, 5) is 15.6. The fourth-order valence-electron chi connectivity index (χ4n) is 1.34. The molecule has 1 unspecified atom stereocenters. The second-order valence-electron chi connectivity index (χ2n) is 3.37. The lowest BCUT2D eigenvalue weighted by molar-refractivity contribution is 0.0933. The van der Waals surface area contributed by atoms with Crippen LogP contribution in [0, 0.1) is 0 Å². The minimum atomic E-state index is -0.197. The van der Waals surface area contributed by atoms with E-state index in [2.05, 4.69) is 20.5 Å². The number of aryl methyl sites for hydroxylation is 1. The van der Waals surface area contributed by atoms with Crippen molar-refractivity contribution in [3.8, 4) is 0 Å². The Morgan fingerprint density at radius 3 is 3.00 bits per heavy atom. The molecule has 0 aliphatic rings. The fourth-order valence-corrected chi connectivity index (χ4v) is 1.88. The predicted molar refractivity (Wildman–Crippen MR) is 59.0 cm³/mol. The van der Waals surface area contributed by atoms with Crippen LogP contribution < -0.4 is 5.32 Å². The van der Waals surface area contributed by atoms with Crippen LogP contribution in [0.2, 0.25) is 0 Å². The Labute approximate surface area is 96.3 Å². The zero-order valence-corrected chi connectivity index (χ0v) is 9.73. The molecule has 0 radical (unpaired) electrons. The number of hydrogen-bond acceptors (Lipinski definition) is 5. The van der Waals surface area contributed by atoms with Crippen LogP contribution in [0.3, 0.4) is 0 Å². The lowest BCUT2D eigenvalue weighted by Crippen LogP contribution is -2.28. The molecule has 0 saturated carbocycles. The van der Waals surface area contributed by atoms with Crippen LogP contribution in [0.5, 0.6) is 0 Å². The smallest absolute Gasteiger partial charge is 0.271 e. The molecule has 0 aromatic carbocycles. The number of rotatable bonds is 3. The van der Waals surface area contributed by atoms with Crippen LogP contribution in [0.4, 0.5) is 0 Å². The van der Waals surface area contributed by atoms with Crippen LogP contribution in [-0.2, 0) is 7.05 Å². The Morgan fingerprint density at radius 2 is 2.44 bits per heavy atom. The molecule has 0 saturated heterocycles. The number of nitrogens with zero attached hydrogens (tertiary/aromatic N) is 4. The highest BCUT2D eigenvalue weighted by atomic mass is 32.1. The third-order valence-electron chi connectivity index (χ3n) is 2.15. The van der Waals surface area contributed by atoms with E-state index in [0.29, 0.717) is 11.5 Å². The Bertz CT molecular complexity index is 478. The zero-order valence-electron chi connectivity index (χ0n) is 8.91. The van der Waals surface area contributed by atoms with Gasteiger partial charge in [0.05, 0.1) is 11.6 Å². The van der Waals surface area contributed by atoms with Crippen LogP contribution in [-0.4, -0.2) is 25.7 Å². The van der Waals surface area contributed by atoms with Gasteiger partial charge in [-0.15, -0.1) is 21.5 Å². The molecular weight excluding hydrogens is 226 g/mol. The molecule has 0 aliphatic carbocycles. The van der Waals surface area contributed by atoms with E-state index in [1.807, 2.05) is 14.0 Å². The summed E-state index contributed by atoms with van der Waals surface area (Å²) in [7, 11) is 1.83. The summed E-state index contributed by atoms with van der Waals surface area (Å²) in [5, 5.41) is 12.2. The molecule has 7 heteroatoms. The second kappa shape index (κ2) is 4.40. The van der Waals surface area contributed by atoms with Crippen molar-refractivity contribution in [2.45, 2.75) is 13.0 Å². The van der Waals surface area contributed by atoms with Crippen LogP contribution in [0.15, 0.2) is 17.2 Å². The molecule has 84 valence electrons. The Kier molecular flexibility index (Phi) is 2.95. The van der Waals surface area contributed by atoms with Crippen molar-refractivity contribution in [2.24, 2.45) is 7.05 Å². The average Bonchev–Trinajstić information content (AvgIpc) is 2.86. The van der Waals surface area contributed by atoms with Crippen molar-refractivity contribution in [2.75, 3.05) is 0 Å². The quantitative estimate of drug-likeness (QED) is 0.855. The van der Waals surface area contributed by atoms with Crippen molar-refractivity contribution >= 4 is 17.2 Å². The minimum absolute atomic E-state index is 0.193. The van der Waals surface area contributed by atoms with Crippen molar-refractivity contribution in [3.05, 3.63) is 28.7 Å². The van der Waals surface area contributed by atoms with Crippen molar-refractivity contribution in [1.29, 1.82) is 0 Å². The van der Waals surface area contributed by atoms with Gasteiger partial charge in [-0.2, -0.15) is 0 Å². The van der Waals surface area contributed by atoms with E-state index in [1.54, 1.807) is 21.8 Å². The third-order valence-corrected chi connectivity index (χ3v) is 2.73. The number of thiazole rings is 1. The van der Waals surface area contributed by atoms with Crippen molar-refractivity contribution in [3.63, 3.8) is 0 Å². The summed E-state index contributed by atoms with van der Waals surface area (Å²) in [6.07, 6.45) is 1.60. The largest absolute Gasteiger partial charge is 0.341 e. The summed E-state index contributed by atoms with van der Waals surface area (Å²) >= 11 is 1.39. The minimum Gasteiger partial charge on any atom is -0.341 e. The highest BCUT2D eigenvalue weighted by Crippen LogP contribution is 2.09. The first-order valence-corrected chi connectivity index (χ1v) is 5.65. The summed E-state index contributed by atoms with van der Waals surface area (Å²) in [6.45, 7) is 1.86. The first kappa shape index (κ1) is 10.7. The second-order valence-corrected chi connectivity index (χ2v) is 4.09. The molecule has 0 spiro atoms. The number of aromatic nitrogens is 4. The number of nitrogens with one attached hydrogen (secondary N) is 1. The molecule has 2 aromatic rings. The first-order valence-electron chi connectivity index (χ1n) is 4.71. The van der Waals surface area contributed by atoms with Gasteiger partial charge < -0.3 is 9.88 Å². The molecule has 6 nitrogen and oxygen atoms in total. The maximum atomic E-state index is 11.7. The summed E-state index contributed by atoms with van der Waals surface area (Å²) in [5.41, 5.74) is 2.06. The average molecular weight is 237 g/mol. The molecule has 1 amide bonds. The maximum absolute atomic E-state index is 11.7. The Hall–Kier alpha value is -1.76. The summed E-state index contributed by atoms with van der Waals surface area (Å²) in [5.74, 6) is 0.514. The molecule has 2 heterocycles. The zero-order chi connectivity index (χ0) is 11.5. The number of amides is 1. The SMILES string of the molecule is CC(NC(=O)c1cscn1)c1nncn1C. The van der Waals surface area contributed by atoms with E-state index in [1.165, 1.54) is 11.3 Å². The lowest BCUT2D eigenvalue weighted by Gasteiger charge is -2.11. The number of hydrogen-bond donors (Lipinski definition) is 1. The molecule has 1 atom stereocenters. The topological polar surface area (TPSA) is 72.7 Å². The van der Waals surface area contributed by atoms with Crippen molar-refractivity contribution in [1.82, 2.24) is 25.1 Å². The van der Waals surface area contributed by atoms with E-state index in [4.69, 9.17) is 0 Å². The molecule has 0 fully saturated rings. The fraction of sp³-hybridized carbons (Fsp3) is 0.333. The van der Waals surface area contributed by atoms with Gasteiger partial charge in [-0.3, -0.25) is 4.79 Å². The molecule has 2 rings (SSSR count). The van der Waals surface area contributed by atoms with Crippen LogP contribution >= 0.6 is 11.3 Å². The third kappa shape index (κ3) is 2.08. The number of carbonyl (C=O) groups excluding carboxylic acids is 1. The lowest BCUT2D eigenvalue weighted by atomic mass is 10.3. The van der Waals surface area contributed by atoms with Gasteiger partial charge in [0.1, 0.15) is 12.0 Å². The van der Waals surface area contributed by atoms with Gasteiger partial charge in [0.2, 0.25) is 0 Å². The van der Waals surface area contributed by atoms with E-state index in [0.717, 1.165) is 0 Å². The van der Waals surface area contributed by atoms with Gasteiger partial charge in [-0.1, -0.05) is 0 Å². The molecule has 2 aromatic heterocycles. The predicted octanol–water partition coefficient (Wildman–Crippen LogP) is 0.763. The number of carbonyl (C=O) groups is 1. The first-order chi connectivity index (χ1) is 7.68. The summed E-state index contributed by atoms with van der Waals surface area (Å²) in [6, 6.07) is -0.193. The highest BCUT2D eigenvalue weighted by molar-refractivity contribution is 7.07.